The molecule has 1 amide bonds. The fourth-order valence-corrected chi connectivity index (χ4v) is 2.34. The summed E-state index contributed by atoms with van der Waals surface area (Å²) >= 11 is 17.6. The summed E-state index contributed by atoms with van der Waals surface area (Å²) in [6.07, 6.45) is 0. The Morgan fingerprint density at radius 2 is 1.71 bits per heavy atom. The van der Waals surface area contributed by atoms with Crippen LogP contribution in [0.15, 0.2) is 36.4 Å². The zero-order valence-corrected chi connectivity index (χ0v) is 12.7. The Morgan fingerprint density at radius 1 is 1.00 bits per heavy atom. The molecule has 4 nitrogen and oxygen atoms in total. The van der Waals surface area contributed by atoms with Crippen LogP contribution in [-0.4, -0.2) is 23.1 Å². The van der Waals surface area contributed by atoms with Gasteiger partial charge in [-0.15, -0.1) is 0 Å². The minimum Gasteiger partial charge on any atom is -0.423 e. The van der Waals surface area contributed by atoms with E-state index in [1.807, 2.05) is 0 Å². The number of carbonyl (C=O) groups is 1. The number of benzene rings is 2. The number of rotatable bonds is 3. The Hall–Kier alpha value is -1.24. The van der Waals surface area contributed by atoms with Gasteiger partial charge in [-0.3, -0.25) is 4.79 Å². The monoisotopic (exact) mass is 343 g/mol. The van der Waals surface area contributed by atoms with Gasteiger partial charge in [0.25, 0.3) is 5.91 Å². The SMILES string of the molecule is O=C(Nc1ccc(Cl)cc1Cl)c1ccc(Cl)c(B(O)O)c1. The standard InChI is InChI=1S/C13H9BCl3NO3/c15-8-2-4-12(11(17)6-8)18-13(19)7-1-3-10(16)9(5-7)14(20)21/h1-6,20-21H,(H,18,19). The molecule has 0 heterocycles. The van der Waals surface area contributed by atoms with Crippen molar-refractivity contribution >= 4 is 59.0 Å². The maximum Gasteiger partial charge on any atom is 0.489 e. The zero-order valence-electron chi connectivity index (χ0n) is 10.5. The van der Waals surface area contributed by atoms with Crippen molar-refractivity contribution < 1.29 is 14.8 Å². The largest absolute Gasteiger partial charge is 0.489 e. The van der Waals surface area contributed by atoms with E-state index in [9.17, 15) is 14.8 Å². The third-order valence-corrected chi connectivity index (χ3v) is 3.61. The molecule has 0 radical (unpaired) electrons. The fraction of sp³-hybridized carbons (Fsp3) is 0. The molecule has 0 spiro atoms. The Balaban J connectivity index is 2.26. The van der Waals surface area contributed by atoms with Crippen LogP contribution >= 0.6 is 34.8 Å². The molecule has 108 valence electrons. The molecular weight excluding hydrogens is 335 g/mol. The van der Waals surface area contributed by atoms with Crippen molar-refractivity contribution in [1.82, 2.24) is 0 Å². The van der Waals surface area contributed by atoms with Crippen molar-refractivity contribution in [3.63, 3.8) is 0 Å². The lowest BCUT2D eigenvalue weighted by Crippen LogP contribution is -2.32. The molecular formula is C13H9BCl3NO3. The maximum atomic E-state index is 12.1. The average Bonchev–Trinajstić information content (AvgIpc) is 2.42. The summed E-state index contributed by atoms with van der Waals surface area (Å²) in [4.78, 5) is 12.1. The van der Waals surface area contributed by atoms with Gasteiger partial charge in [0.2, 0.25) is 0 Å². The maximum absolute atomic E-state index is 12.1. The summed E-state index contributed by atoms with van der Waals surface area (Å²) in [6, 6.07) is 8.84. The van der Waals surface area contributed by atoms with Crippen LogP contribution in [0.3, 0.4) is 0 Å². The van der Waals surface area contributed by atoms with E-state index in [2.05, 4.69) is 5.32 Å². The molecule has 0 saturated heterocycles. The van der Waals surface area contributed by atoms with Gasteiger partial charge in [0.15, 0.2) is 0 Å². The summed E-state index contributed by atoms with van der Waals surface area (Å²) < 4.78 is 0. The molecule has 3 N–H and O–H groups in total. The van der Waals surface area contributed by atoms with Gasteiger partial charge in [0.05, 0.1) is 10.7 Å². The van der Waals surface area contributed by atoms with Crippen LogP contribution in [-0.2, 0) is 0 Å². The van der Waals surface area contributed by atoms with E-state index in [1.54, 1.807) is 12.1 Å². The van der Waals surface area contributed by atoms with Crippen LogP contribution in [0.25, 0.3) is 0 Å². The van der Waals surface area contributed by atoms with Gasteiger partial charge in [-0.25, -0.2) is 0 Å². The van der Waals surface area contributed by atoms with Crippen molar-refractivity contribution in [2.75, 3.05) is 5.32 Å². The smallest absolute Gasteiger partial charge is 0.423 e. The minimum absolute atomic E-state index is 0.0477. The van der Waals surface area contributed by atoms with Crippen LogP contribution in [0.2, 0.25) is 15.1 Å². The van der Waals surface area contributed by atoms with E-state index < -0.39 is 13.0 Å². The first-order valence-corrected chi connectivity index (χ1v) is 6.94. The topological polar surface area (TPSA) is 69.6 Å². The Kier molecular flexibility index (Phi) is 5.14. The summed E-state index contributed by atoms with van der Waals surface area (Å²) in [5, 5.41) is 21.9. The lowest BCUT2D eigenvalue weighted by Gasteiger charge is -2.09. The first-order chi connectivity index (χ1) is 9.88. The van der Waals surface area contributed by atoms with E-state index in [-0.39, 0.29) is 16.0 Å². The van der Waals surface area contributed by atoms with Gasteiger partial charge in [-0.1, -0.05) is 34.8 Å². The highest BCUT2D eigenvalue weighted by Crippen LogP contribution is 2.25. The predicted octanol–water partition coefficient (Wildman–Crippen LogP) is 2.58. The van der Waals surface area contributed by atoms with Crippen molar-refractivity contribution in [2.24, 2.45) is 0 Å². The van der Waals surface area contributed by atoms with Gasteiger partial charge in [-0.05, 0) is 36.4 Å². The molecule has 0 fully saturated rings. The molecule has 8 heteroatoms. The number of carbonyl (C=O) groups excluding carboxylic acids is 1. The molecule has 21 heavy (non-hydrogen) atoms. The first kappa shape index (κ1) is 16.1. The van der Waals surface area contributed by atoms with Crippen LogP contribution in [0.5, 0.6) is 0 Å². The lowest BCUT2D eigenvalue weighted by atomic mass is 9.79. The molecule has 2 aromatic rings. The molecule has 0 aliphatic rings. The molecule has 0 atom stereocenters. The van der Waals surface area contributed by atoms with E-state index in [0.29, 0.717) is 15.7 Å². The van der Waals surface area contributed by atoms with E-state index >= 15 is 0 Å². The van der Waals surface area contributed by atoms with Gasteiger partial charge < -0.3 is 15.4 Å². The summed E-state index contributed by atoms with van der Waals surface area (Å²) in [5.41, 5.74) is 0.659. The number of amides is 1. The van der Waals surface area contributed by atoms with Crippen molar-refractivity contribution in [3.8, 4) is 0 Å². The second-order valence-corrected chi connectivity index (χ2v) is 5.44. The summed E-state index contributed by atoms with van der Waals surface area (Å²) in [5.74, 6) is -0.460. The third-order valence-electron chi connectivity index (χ3n) is 2.72. The fourth-order valence-electron chi connectivity index (χ4n) is 1.67. The van der Waals surface area contributed by atoms with Crippen LogP contribution in [0.4, 0.5) is 5.69 Å². The quantitative estimate of drug-likeness (QED) is 0.750. The van der Waals surface area contributed by atoms with Gasteiger partial charge in [0, 0.05) is 21.1 Å². The molecule has 0 bridgehead atoms. The van der Waals surface area contributed by atoms with Crippen molar-refractivity contribution in [2.45, 2.75) is 0 Å². The van der Waals surface area contributed by atoms with Gasteiger partial charge >= 0.3 is 7.12 Å². The number of hydrogen-bond donors (Lipinski definition) is 3. The Labute approximate surface area is 136 Å². The molecule has 0 aliphatic carbocycles. The number of hydrogen-bond acceptors (Lipinski definition) is 3. The molecule has 0 aliphatic heterocycles. The third kappa shape index (κ3) is 3.90. The molecule has 0 unspecified atom stereocenters. The molecule has 0 aromatic heterocycles. The Morgan fingerprint density at radius 3 is 2.33 bits per heavy atom. The zero-order chi connectivity index (χ0) is 15.6. The highest BCUT2D eigenvalue weighted by atomic mass is 35.5. The highest BCUT2D eigenvalue weighted by Gasteiger charge is 2.18. The normalized spacial score (nSPS) is 10.3. The average molecular weight is 344 g/mol. The molecule has 2 rings (SSSR count). The first-order valence-electron chi connectivity index (χ1n) is 5.80. The van der Waals surface area contributed by atoms with E-state index in [4.69, 9.17) is 34.8 Å². The second-order valence-electron chi connectivity index (χ2n) is 4.19. The summed E-state index contributed by atoms with van der Waals surface area (Å²) in [7, 11) is -1.76. The van der Waals surface area contributed by atoms with Crippen molar-refractivity contribution in [3.05, 3.63) is 57.0 Å². The predicted molar refractivity (Wildman–Crippen MR) is 85.7 cm³/mol. The highest BCUT2D eigenvalue weighted by molar-refractivity contribution is 6.62. The lowest BCUT2D eigenvalue weighted by molar-refractivity contribution is 0.102. The number of anilines is 1. The summed E-state index contributed by atoms with van der Waals surface area (Å²) in [6.45, 7) is 0. The Bertz CT molecular complexity index is 694. The van der Waals surface area contributed by atoms with Crippen molar-refractivity contribution in [1.29, 1.82) is 0 Å². The molecule has 2 aromatic carbocycles. The van der Waals surface area contributed by atoms with E-state index in [0.717, 1.165) is 0 Å². The van der Waals surface area contributed by atoms with Crippen LogP contribution in [0, 0.1) is 0 Å². The number of halogens is 3. The molecule has 0 saturated carbocycles. The minimum atomic E-state index is -1.76. The number of nitrogens with one attached hydrogen (secondary N) is 1. The van der Waals surface area contributed by atoms with Crippen LogP contribution < -0.4 is 10.8 Å². The van der Waals surface area contributed by atoms with Crippen LogP contribution in [0.1, 0.15) is 10.4 Å². The second kappa shape index (κ2) is 6.68. The van der Waals surface area contributed by atoms with E-state index in [1.165, 1.54) is 24.3 Å². The van der Waals surface area contributed by atoms with Gasteiger partial charge in [-0.2, -0.15) is 0 Å². The van der Waals surface area contributed by atoms with Gasteiger partial charge in [0.1, 0.15) is 0 Å².